The SMILES string of the molecule is CN=Cc1ccccc1CC=Cc1ccccc1. The van der Waals surface area contributed by atoms with E-state index in [1.165, 1.54) is 16.7 Å². The summed E-state index contributed by atoms with van der Waals surface area (Å²) in [6.07, 6.45) is 7.18. The molecule has 0 saturated heterocycles. The summed E-state index contributed by atoms with van der Waals surface area (Å²) < 4.78 is 0. The average Bonchev–Trinajstić information content (AvgIpc) is 2.42. The van der Waals surface area contributed by atoms with E-state index in [1.54, 1.807) is 7.05 Å². The van der Waals surface area contributed by atoms with Crippen LogP contribution in [0.15, 0.2) is 65.7 Å². The Labute approximate surface area is 109 Å². The van der Waals surface area contributed by atoms with Crippen LogP contribution in [0, 0.1) is 0 Å². The molecular formula is C17H17N. The van der Waals surface area contributed by atoms with Gasteiger partial charge in [-0.1, -0.05) is 66.7 Å². The average molecular weight is 235 g/mol. The van der Waals surface area contributed by atoms with Crippen molar-refractivity contribution in [2.75, 3.05) is 7.05 Å². The summed E-state index contributed by atoms with van der Waals surface area (Å²) in [5.41, 5.74) is 3.73. The van der Waals surface area contributed by atoms with Crippen LogP contribution in [0.3, 0.4) is 0 Å². The first kappa shape index (κ1) is 12.3. The van der Waals surface area contributed by atoms with Crippen molar-refractivity contribution >= 4 is 12.3 Å². The molecule has 0 aliphatic carbocycles. The van der Waals surface area contributed by atoms with Gasteiger partial charge in [-0.25, -0.2) is 0 Å². The molecular weight excluding hydrogens is 218 g/mol. The summed E-state index contributed by atoms with van der Waals surface area (Å²) in [7, 11) is 1.80. The van der Waals surface area contributed by atoms with E-state index in [0.717, 1.165) is 6.42 Å². The van der Waals surface area contributed by atoms with Gasteiger partial charge in [-0.05, 0) is 23.1 Å². The van der Waals surface area contributed by atoms with Crippen molar-refractivity contribution in [3.63, 3.8) is 0 Å². The number of aliphatic imine (C=N–C) groups is 1. The van der Waals surface area contributed by atoms with Gasteiger partial charge in [0.1, 0.15) is 0 Å². The third-order valence-corrected chi connectivity index (χ3v) is 2.77. The Kier molecular flexibility index (Phi) is 4.48. The Morgan fingerprint density at radius 1 is 0.944 bits per heavy atom. The van der Waals surface area contributed by atoms with Gasteiger partial charge in [-0.3, -0.25) is 4.99 Å². The van der Waals surface area contributed by atoms with Gasteiger partial charge in [0.15, 0.2) is 0 Å². The zero-order chi connectivity index (χ0) is 12.6. The fourth-order valence-electron chi connectivity index (χ4n) is 1.87. The number of hydrogen-bond donors (Lipinski definition) is 0. The number of benzene rings is 2. The zero-order valence-corrected chi connectivity index (χ0v) is 10.6. The summed E-state index contributed by atoms with van der Waals surface area (Å²) in [5.74, 6) is 0. The van der Waals surface area contributed by atoms with Crippen molar-refractivity contribution in [1.82, 2.24) is 0 Å². The van der Waals surface area contributed by atoms with Crippen LogP contribution in [-0.2, 0) is 6.42 Å². The maximum Gasteiger partial charge on any atom is 0.0284 e. The van der Waals surface area contributed by atoms with Crippen LogP contribution in [0.5, 0.6) is 0 Å². The van der Waals surface area contributed by atoms with E-state index in [-0.39, 0.29) is 0 Å². The third-order valence-electron chi connectivity index (χ3n) is 2.77. The Balaban J connectivity index is 2.09. The molecule has 1 heteroatoms. The van der Waals surface area contributed by atoms with E-state index in [2.05, 4.69) is 59.6 Å². The van der Waals surface area contributed by atoms with Crippen LogP contribution >= 0.6 is 0 Å². The summed E-state index contributed by atoms with van der Waals surface area (Å²) in [6.45, 7) is 0. The van der Waals surface area contributed by atoms with Crippen molar-refractivity contribution in [3.8, 4) is 0 Å². The lowest BCUT2D eigenvalue weighted by molar-refractivity contribution is 1.26. The normalized spacial score (nSPS) is 11.4. The van der Waals surface area contributed by atoms with Gasteiger partial charge in [0, 0.05) is 13.3 Å². The molecule has 0 aliphatic rings. The van der Waals surface area contributed by atoms with Crippen LogP contribution in [0.4, 0.5) is 0 Å². The summed E-state index contributed by atoms with van der Waals surface area (Å²) in [5, 5.41) is 0. The van der Waals surface area contributed by atoms with Crippen molar-refractivity contribution in [2.45, 2.75) is 6.42 Å². The lowest BCUT2D eigenvalue weighted by atomic mass is 10.0. The standard InChI is InChI=1S/C17H17N/c1-18-14-17-12-6-5-11-16(17)13-7-10-15-8-3-2-4-9-15/h2-12,14H,13H2,1H3. The van der Waals surface area contributed by atoms with Gasteiger partial charge in [-0.15, -0.1) is 0 Å². The highest BCUT2D eigenvalue weighted by molar-refractivity contribution is 5.81. The Morgan fingerprint density at radius 2 is 1.67 bits per heavy atom. The van der Waals surface area contributed by atoms with Crippen LogP contribution < -0.4 is 0 Å². The predicted octanol–water partition coefficient (Wildman–Crippen LogP) is 3.99. The van der Waals surface area contributed by atoms with E-state index in [9.17, 15) is 0 Å². The second-order valence-electron chi connectivity index (χ2n) is 4.10. The molecule has 2 aromatic carbocycles. The van der Waals surface area contributed by atoms with Crippen molar-refractivity contribution in [3.05, 3.63) is 77.4 Å². The molecule has 0 fully saturated rings. The second kappa shape index (κ2) is 6.55. The van der Waals surface area contributed by atoms with E-state index in [0.29, 0.717) is 0 Å². The highest BCUT2D eigenvalue weighted by Crippen LogP contribution is 2.09. The van der Waals surface area contributed by atoms with Crippen molar-refractivity contribution < 1.29 is 0 Å². The van der Waals surface area contributed by atoms with Gasteiger partial charge < -0.3 is 0 Å². The molecule has 2 aromatic rings. The molecule has 0 N–H and O–H groups in total. The summed E-state index contributed by atoms with van der Waals surface area (Å²) in [6, 6.07) is 18.7. The van der Waals surface area contributed by atoms with E-state index in [4.69, 9.17) is 0 Å². The molecule has 0 spiro atoms. The van der Waals surface area contributed by atoms with Crippen LogP contribution in [0.2, 0.25) is 0 Å². The molecule has 1 nitrogen and oxygen atoms in total. The number of hydrogen-bond acceptors (Lipinski definition) is 1. The molecule has 2 rings (SSSR count). The van der Waals surface area contributed by atoms with Gasteiger partial charge in [0.2, 0.25) is 0 Å². The van der Waals surface area contributed by atoms with E-state index in [1.807, 2.05) is 18.3 Å². The molecule has 0 amide bonds. The lowest BCUT2D eigenvalue weighted by Gasteiger charge is -2.01. The molecule has 0 aliphatic heterocycles. The fourth-order valence-corrected chi connectivity index (χ4v) is 1.87. The molecule has 0 aromatic heterocycles. The highest BCUT2D eigenvalue weighted by atomic mass is 14.6. The minimum Gasteiger partial charge on any atom is -0.296 e. The zero-order valence-electron chi connectivity index (χ0n) is 10.6. The van der Waals surface area contributed by atoms with Gasteiger partial charge in [0.25, 0.3) is 0 Å². The molecule has 90 valence electrons. The molecule has 0 bridgehead atoms. The number of allylic oxidation sites excluding steroid dienone is 1. The first-order valence-electron chi connectivity index (χ1n) is 6.12. The Bertz CT molecular complexity index is 539. The molecule has 0 saturated carbocycles. The number of nitrogens with zero attached hydrogens (tertiary/aromatic N) is 1. The lowest BCUT2D eigenvalue weighted by Crippen LogP contribution is -1.90. The summed E-state index contributed by atoms with van der Waals surface area (Å²) >= 11 is 0. The van der Waals surface area contributed by atoms with Gasteiger partial charge in [0.05, 0.1) is 0 Å². The quantitative estimate of drug-likeness (QED) is 0.710. The first-order valence-corrected chi connectivity index (χ1v) is 6.12. The Hall–Kier alpha value is -2.15. The smallest absolute Gasteiger partial charge is 0.0284 e. The predicted molar refractivity (Wildman–Crippen MR) is 79.1 cm³/mol. The minimum atomic E-state index is 0.928. The van der Waals surface area contributed by atoms with E-state index < -0.39 is 0 Å². The highest BCUT2D eigenvalue weighted by Gasteiger charge is 1.96. The monoisotopic (exact) mass is 235 g/mol. The van der Waals surface area contributed by atoms with Crippen molar-refractivity contribution in [1.29, 1.82) is 0 Å². The largest absolute Gasteiger partial charge is 0.296 e. The molecule has 0 atom stereocenters. The Morgan fingerprint density at radius 3 is 2.44 bits per heavy atom. The van der Waals surface area contributed by atoms with Crippen LogP contribution in [0.25, 0.3) is 6.08 Å². The third kappa shape index (κ3) is 3.42. The minimum absolute atomic E-state index is 0.928. The molecule has 0 unspecified atom stereocenters. The topological polar surface area (TPSA) is 12.4 Å². The molecule has 0 heterocycles. The second-order valence-corrected chi connectivity index (χ2v) is 4.10. The van der Waals surface area contributed by atoms with Gasteiger partial charge in [-0.2, -0.15) is 0 Å². The van der Waals surface area contributed by atoms with Crippen LogP contribution in [0.1, 0.15) is 16.7 Å². The van der Waals surface area contributed by atoms with Crippen molar-refractivity contribution in [2.24, 2.45) is 4.99 Å². The first-order chi connectivity index (χ1) is 8.90. The fraction of sp³-hybridized carbons (Fsp3) is 0.118. The van der Waals surface area contributed by atoms with Gasteiger partial charge >= 0.3 is 0 Å². The maximum absolute atomic E-state index is 4.08. The maximum atomic E-state index is 4.08. The molecule has 18 heavy (non-hydrogen) atoms. The van der Waals surface area contributed by atoms with E-state index >= 15 is 0 Å². The molecule has 0 radical (unpaired) electrons. The number of rotatable bonds is 4. The van der Waals surface area contributed by atoms with Crippen LogP contribution in [-0.4, -0.2) is 13.3 Å². The summed E-state index contributed by atoms with van der Waals surface area (Å²) in [4.78, 5) is 4.08.